The van der Waals surface area contributed by atoms with E-state index in [2.05, 4.69) is 46.2 Å². The molecule has 1 saturated heterocycles. The third-order valence-electron chi connectivity index (χ3n) is 4.85. The second-order valence-electron chi connectivity index (χ2n) is 6.91. The summed E-state index contributed by atoms with van der Waals surface area (Å²) < 4.78 is 5.29. The molecule has 2 aromatic carbocycles. The minimum Gasteiger partial charge on any atom is -0.368 e. The van der Waals surface area contributed by atoms with Gasteiger partial charge in [0.25, 0.3) is 17.6 Å². The molecule has 138 valence electrons. The molecule has 0 N–H and O–H groups in total. The highest BCUT2D eigenvalue weighted by Gasteiger charge is 2.26. The Labute approximate surface area is 158 Å². The Hall–Kier alpha value is -3.15. The zero-order valence-electron chi connectivity index (χ0n) is 15.6. The lowest BCUT2D eigenvalue weighted by Gasteiger charge is -2.35. The van der Waals surface area contributed by atoms with Gasteiger partial charge in [-0.1, -0.05) is 35.0 Å². The van der Waals surface area contributed by atoms with E-state index < -0.39 is 0 Å². The number of aryl methyl sites for hydroxylation is 2. The van der Waals surface area contributed by atoms with Gasteiger partial charge >= 0.3 is 0 Å². The molecule has 0 spiro atoms. The summed E-state index contributed by atoms with van der Waals surface area (Å²) in [5.41, 5.74) is 4.40. The molecule has 27 heavy (non-hydrogen) atoms. The van der Waals surface area contributed by atoms with Crippen LogP contribution in [0.25, 0.3) is 11.5 Å². The fraction of sp³-hybridized carbons (Fsp3) is 0.286. The Morgan fingerprint density at radius 2 is 1.70 bits per heavy atom. The monoisotopic (exact) mass is 362 g/mol. The van der Waals surface area contributed by atoms with Crippen LogP contribution < -0.4 is 4.90 Å². The van der Waals surface area contributed by atoms with E-state index in [4.69, 9.17) is 4.52 Å². The minimum atomic E-state index is -0.180. The number of benzene rings is 2. The standard InChI is InChI=1S/C21H22N4O2/c1-15-6-8-17(9-7-15)20-22-19(23-27-20)21(26)25-12-10-24(11-13-25)18-5-3-4-16(2)14-18/h3-9,14H,10-13H2,1-2H3. The Morgan fingerprint density at radius 3 is 2.41 bits per heavy atom. The van der Waals surface area contributed by atoms with Crippen molar-refractivity contribution >= 4 is 11.6 Å². The largest absolute Gasteiger partial charge is 0.368 e. The molecule has 3 aromatic rings. The van der Waals surface area contributed by atoms with Crippen LogP contribution in [0.2, 0.25) is 0 Å². The number of rotatable bonds is 3. The van der Waals surface area contributed by atoms with Crippen LogP contribution in [0.4, 0.5) is 5.69 Å². The van der Waals surface area contributed by atoms with Crippen LogP contribution in [0.3, 0.4) is 0 Å². The molecule has 0 aliphatic carbocycles. The van der Waals surface area contributed by atoms with Gasteiger partial charge in [-0.25, -0.2) is 0 Å². The molecule has 0 saturated carbocycles. The van der Waals surface area contributed by atoms with Crippen molar-refractivity contribution in [3.05, 3.63) is 65.5 Å². The zero-order chi connectivity index (χ0) is 18.8. The number of aromatic nitrogens is 2. The topological polar surface area (TPSA) is 62.5 Å². The number of amides is 1. The smallest absolute Gasteiger partial charge is 0.295 e. The van der Waals surface area contributed by atoms with Crippen LogP contribution in [0, 0.1) is 13.8 Å². The van der Waals surface area contributed by atoms with E-state index in [0.717, 1.165) is 24.2 Å². The van der Waals surface area contributed by atoms with Gasteiger partial charge in [0.2, 0.25) is 0 Å². The predicted molar refractivity (Wildman–Crippen MR) is 104 cm³/mol. The van der Waals surface area contributed by atoms with Gasteiger partial charge in [0.05, 0.1) is 0 Å². The van der Waals surface area contributed by atoms with Crippen molar-refractivity contribution in [1.29, 1.82) is 0 Å². The number of anilines is 1. The van der Waals surface area contributed by atoms with E-state index in [1.54, 1.807) is 4.90 Å². The van der Waals surface area contributed by atoms with E-state index >= 15 is 0 Å². The molecule has 4 rings (SSSR count). The summed E-state index contributed by atoms with van der Waals surface area (Å²) in [6, 6.07) is 16.2. The van der Waals surface area contributed by atoms with Crippen LogP contribution in [-0.2, 0) is 0 Å². The van der Waals surface area contributed by atoms with Gasteiger partial charge < -0.3 is 14.3 Å². The van der Waals surface area contributed by atoms with Crippen molar-refractivity contribution in [2.75, 3.05) is 31.1 Å². The summed E-state index contributed by atoms with van der Waals surface area (Å²) in [5.74, 6) is 0.312. The molecule has 6 heteroatoms. The number of carbonyl (C=O) groups is 1. The van der Waals surface area contributed by atoms with Crippen LogP contribution in [0.15, 0.2) is 53.1 Å². The second kappa shape index (κ2) is 7.23. The average Bonchev–Trinajstić information content (AvgIpc) is 3.18. The van der Waals surface area contributed by atoms with Gasteiger partial charge in [0.1, 0.15) is 0 Å². The summed E-state index contributed by atoms with van der Waals surface area (Å²) in [5, 5.41) is 3.89. The van der Waals surface area contributed by atoms with Crippen molar-refractivity contribution in [2.24, 2.45) is 0 Å². The second-order valence-corrected chi connectivity index (χ2v) is 6.91. The van der Waals surface area contributed by atoms with Crippen molar-refractivity contribution in [3.8, 4) is 11.5 Å². The molecular formula is C21H22N4O2. The van der Waals surface area contributed by atoms with Crippen LogP contribution in [-0.4, -0.2) is 47.1 Å². The first kappa shape index (κ1) is 17.3. The maximum absolute atomic E-state index is 12.7. The molecular weight excluding hydrogens is 340 g/mol. The Kier molecular flexibility index (Phi) is 4.62. The van der Waals surface area contributed by atoms with Gasteiger partial charge in [-0.3, -0.25) is 4.79 Å². The lowest BCUT2D eigenvalue weighted by Crippen LogP contribution is -2.49. The predicted octanol–water partition coefficient (Wildman–Crippen LogP) is 3.32. The lowest BCUT2D eigenvalue weighted by atomic mass is 10.1. The molecule has 1 aliphatic heterocycles. The van der Waals surface area contributed by atoms with E-state index in [0.29, 0.717) is 19.0 Å². The molecule has 1 fully saturated rings. The molecule has 2 heterocycles. The first-order valence-corrected chi connectivity index (χ1v) is 9.12. The Bertz CT molecular complexity index is 941. The highest BCUT2D eigenvalue weighted by Crippen LogP contribution is 2.20. The molecule has 1 aliphatic rings. The number of hydrogen-bond acceptors (Lipinski definition) is 5. The molecule has 0 unspecified atom stereocenters. The van der Waals surface area contributed by atoms with Crippen LogP contribution >= 0.6 is 0 Å². The van der Waals surface area contributed by atoms with Gasteiger partial charge in [-0.05, 0) is 43.7 Å². The lowest BCUT2D eigenvalue weighted by molar-refractivity contribution is 0.0731. The summed E-state index contributed by atoms with van der Waals surface area (Å²) in [4.78, 5) is 21.1. The van der Waals surface area contributed by atoms with E-state index in [-0.39, 0.29) is 11.7 Å². The fourth-order valence-corrected chi connectivity index (χ4v) is 3.26. The highest BCUT2D eigenvalue weighted by molar-refractivity contribution is 5.91. The van der Waals surface area contributed by atoms with Crippen molar-refractivity contribution in [3.63, 3.8) is 0 Å². The van der Waals surface area contributed by atoms with E-state index in [1.807, 2.05) is 31.2 Å². The van der Waals surface area contributed by atoms with E-state index in [1.165, 1.54) is 11.3 Å². The van der Waals surface area contributed by atoms with Gasteiger partial charge in [0.15, 0.2) is 0 Å². The zero-order valence-corrected chi connectivity index (χ0v) is 15.6. The maximum atomic E-state index is 12.7. The summed E-state index contributed by atoms with van der Waals surface area (Å²) in [6.45, 7) is 6.96. The summed E-state index contributed by atoms with van der Waals surface area (Å²) in [6.07, 6.45) is 0. The number of piperazine rings is 1. The minimum absolute atomic E-state index is 0.120. The number of hydrogen-bond donors (Lipinski definition) is 0. The van der Waals surface area contributed by atoms with Crippen LogP contribution in [0.5, 0.6) is 0 Å². The summed E-state index contributed by atoms with van der Waals surface area (Å²) in [7, 11) is 0. The van der Waals surface area contributed by atoms with Crippen molar-refractivity contribution in [1.82, 2.24) is 15.0 Å². The molecule has 0 bridgehead atoms. The van der Waals surface area contributed by atoms with Gasteiger partial charge in [-0.15, -0.1) is 0 Å². The third kappa shape index (κ3) is 3.69. The first-order chi connectivity index (χ1) is 13.1. The summed E-state index contributed by atoms with van der Waals surface area (Å²) >= 11 is 0. The van der Waals surface area contributed by atoms with Gasteiger partial charge in [-0.2, -0.15) is 4.98 Å². The quantitative estimate of drug-likeness (QED) is 0.715. The number of nitrogens with zero attached hydrogens (tertiary/aromatic N) is 4. The third-order valence-corrected chi connectivity index (χ3v) is 4.85. The van der Waals surface area contributed by atoms with E-state index in [9.17, 15) is 4.79 Å². The molecule has 1 aromatic heterocycles. The van der Waals surface area contributed by atoms with Crippen molar-refractivity contribution in [2.45, 2.75) is 13.8 Å². The molecule has 0 atom stereocenters. The first-order valence-electron chi connectivity index (χ1n) is 9.12. The molecule has 1 amide bonds. The average molecular weight is 362 g/mol. The highest BCUT2D eigenvalue weighted by atomic mass is 16.5. The Balaban J connectivity index is 1.42. The normalized spacial score (nSPS) is 14.4. The molecule has 6 nitrogen and oxygen atoms in total. The Morgan fingerprint density at radius 1 is 0.963 bits per heavy atom. The van der Waals surface area contributed by atoms with Crippen LogP contribution in [0.1, 0.15) is 21.7 Å². The molecule has 0 radical (unpaired) electrons. The number of carbonyl (C=O) groups excluding carboxylic acids is 1. The maximum Gasteiger partial charge on any atom is 0.295 e. The van der Waals surface area contributed by atoms with Gasteiger partial charge in [0, 0.05) is 37.4 Å². The SMILES string of the molecule is Cc1ccc(-c2nc(C(=O)N3CCN(c4cccc(C)c4)CC3)no2)cc1. The fourth-order valence-electron chi connectivity index (χ4n) is 3.26. The van der Waals surface area contributed by atoms with Crippen molar-refractivity contribution < 1.29 is 9.32 Å².